The first-order chi connectivity index (χ1) is 14.8. The second-order valence-corrected chi connectivity index (χ2v) is 7.52. The molecule has 31 heavy (non-hydrogen) atoms. The summed E-state index contributed by atoms with van der Waals surface area (Å²) in [5.41, 5.74) is 0.376. The Bertz CT molecular complexity index is 1050. The molecule has 1 aliphatic heterocycles. The molecule has 1 fully saturated rings. The quantitative estimate of drug-likeness (QED) is 0.610. The van der Waals surface area contributed by atoms with E-state index in [1.165, 1.54) is 6.07 Å². The van der Waals surface area contributed by atoms with Gasteiger partial charge in [-0.2, -0.15) is 23.3 Å². The fraction of sp³-hybridized carbons (Fsp3) is 0.429. The summed E-state index contributed by atoms with van der Waals surface area (Å²) in [4.78, 5) is 18.8. The van der Waals surface area contributed by atoms with E-state index in [9.17, 15) is 18.0 Å². The molecule has 0 N–H and O–H groups in total. The van der Waals surface area contributed by atoms with Crippen LogP contribution >= 0.6 is 0 Å². The van der Waals surface area contributed by atoms with Crippen LogP contribution in [-0.2, 0) is 23.9 Å². The summed E-state index contributed by atoms with van der Waals surface area (Å²) in [6.07, 6.45) is -1.46. The summed E-state index contributed by atoms with van der Waals surface area (Å²) in [7, 11) is 0. The molecule has 0 radical (unpaired) electrons. The van der Waals surface area contributed by atoms with E-state index in [0.29, 0.717) is 49.8 Å². The van der Waals surface area contributed by atoms with Crippen molar-refractivity contribution in [3.05, 3.63) is 53.5 Å². The van der Waals surface area contributed by atoms with E-state index in [1.807, 2.05) is 13.0 Å². The van der Waals surface area contributed by atoms with Gasteiger partial charge in [-0.15, -0.1) is 0 Å². The molecule has 2 aromatic heterocycles. The van der Waals surface area contributed by atoms with E-state index in [4.69, 9.17) is 4.52 Å². The zero-order valence-electron chi connectivity index (χ0n) is 17.0. The summed E-state index contributed by atoms with van der Waals surface area (Å²) < 4.78 is 45.8. The molecule has 3 heterocycles. The number of halogens is 3. The summed E-state index contributed by atoms with van der Waals surface area (Å²) in [6, 6.07) is 6.73. The van der Waals surface area contributed by atoms with Crippen LogP contribution in [0.15, 0.2) is 41.1 Å². The van der Waals surface area contributed by atoms with Crippen molar-refractivity contribution < 1.29 is 22.5 Å². The Balaban J connectivity index is 1.35. The van der Waals surface area contributed by atoms with Crippen LogP contribution in [0.25, 0.3) is 11.6 Å². The molecule has 10 heteroatoms. The standard InChI is InChI=1S/C21H22F3N5O2/c1-2-29-17(6-9-25-29)20-26-19(27-31-20)15-7-10-28(11-8-15)18(30)13-14-4-3-5-16(12-14)21(22,23)24/h3-6,9,12,15H,2,7-8,10-11,13H2,1H3. The van der Waals surface area contributed by atoms with Crippen LogP contribution < -0.4 is 0 Å². The smallest absolute Gasteiger partial charge is 0.342 e. The number of hydrogen-bond donors (Lipinski definition) is 0. The Hall–Kier alpha value is -3.17. The second-order valence-electron chi connectivity index (χ2n) is 7.52. The molecule has 1 saturated heterocycles. The highest BCUT2D eigenvalue weighted by molar-refractivity contribution is 5.79. The maximum absolute atomic E-state index is 12.9. The van der Waals surface area contributed by atoms with Crippen molar-refractivity contribution in [3.8, 4) is 11.6 Å². The van der Waals surface area contributed by atoms with Gasteiger partial charge >= 0.3 is 6.18 Å². The monoisotopic (exact) mass is 433 g/mol. The highest BCUT2D eigenvalue weighted by atomic mass is 19.4. The maximum Gasteiger partial charge on any atom is 0.416 e. The third kappa shape index (κ3) is 4.62. The van der Waals surface area contributed by atoms with Crippen molar-refractivity contribution in [1.82, 2.24) is 24.8 Å². The fourth-order valence-corrected chi connectivity index (χ4v) is 3.80. The Morgan fingerprint density at radius 2 is 2.00 bits per heavy atom. The zero-order valence-corrected chi connectivity index (χ0v) is 17.0. The number of benzene rings is 1. The number of likely N-dealkylation sites (tertiary alicyclic amines) is 1. The summed E-state index contributed by atoms with van der Waals surface area (Å²) in [6.45, 7) is 3.66. The molecule has 0 saturated carbocycles. The highest BCUT2D eigenvalue weighted by Gasteiger charge is 2.31. The van der Waals surface area contributed by atoms with E-state index in [-0.39, 0.29) is 18.2 Å². The number of aromatic nitrogens is 4. The fourth-order valence-electron chi connectivity index (χ4n) is 3.80. The molecule has 3 aromatic rings. The lowest BCUT2D eigenvalue weighted by molar-refractivity contribution is -0.138. The van der Waals surface area contributed by atoms with Gasteiger partial charge in [0, 0.05) is 31.7 Å². The van der Waals surface area contributed by atoms with Crippen LogP contribution in [0.3, 0.4) is 0 Å². The number of aryl methyl sites for hydroxylation is 1. The van der Waals surface area contributed by atoms with Gasteiger partial charge in [0.1, 0.15) is 5.69 Å². The van der Waals surface area contributed by atoms with E-state index >= 15 is 0 Å². The van der Waals surface area contributed by atoms with Gasteiger partial charge in [0.2, 0.25) is 5.91 Å². The van der Waals surface area contributed by atoms with Gasteiger partial charge in [-0.1, -0.05) is 23.4 Å². The van der Waals surface area contributed by atoms with Crippen LogP contribution in [0.5, 0.6) is 0 Å². The van der Waals surface area contributed by atoms with E-state index in [2.05, 4.69) is 15.2 Å². The summed E-state index contributed by atoms with van der Waals surface area (Å²) in [5, 5.41) is 8.30. The van der Waals surface area contributed by atoms with Gasteiger partial charge in [0.05, 0.1) is 12.0 Å². The van der Waals surface area contributed by atoms with Crippen molar-refractivity contribution in [3.63, 3.8) is 0 Å². The first-order valence-electron chi connectivity index (χ1n) is 10.1. The van der Waals surface area contributed by atoms with Crippen LogP contribution in [0.4, 0.5) is 13.2 Å². The first kappa shape index (κ1) is 21.1. The van der Waals surface area contributed by atoms with Crippen LogP contribution in [0.1, 0.15) is 42.6 Å². The summed E-state index contributed by atoms with van der Waals surface area (Å²) >= 11 is 0. The lowest BCUT2D eigenvalue weighted by atomic mass is 9.95. The molecule has 0 atom stereocenters. The maximum atomic E-state index is 12.9. The Labute approximate surface area is 176 Å². The average Bonchev–Trinajstić information content (AvgIpc) is 3.42. The number of alkyl halides is 3. The van der Waals surface area contributed by atoms with Gasteiger partial charge in [-0.05, 0) is 37.5 Å². The van der Waals surface area contributed by atoms with Crippen LogP contribution in [0.2, 0.25) is 0 Å². The topological polar surface area (TPSA) is 77.1 Å². The molecule has 0 aliphatic carbocycles. The Morgan fingerprint density at radius 1 is 1.23 bits per heavy atom. The minimum atomic E-state index is -4.42. The Kier molecular flexibility index (Phi) is 5.79. The highest BCUT2D eigenvalue weighted by Crippen LogP contribution is 2.31. The lowest BCUT2D eigenvalue weighted by Gasteiger charge is -2.30. The normalized spacial score (nSPS) is 15.4. The van der Waals surface area contributed by atoms with Gasteiger partial charge in [-0.3, -0.25) is 9.48 Å². The number of hydrogen-bond acceptors (Lipinski definition) is 5. The van der Waals surface area contributed by atoms with E-state index < -0.39 is 11.7 Å². The van der Waals surface area contributed by atoms with Gasteiger partial charge in [-0.25, -0.2) is 0 Å². The molecule has 164 valence electrons. The molecule has 1 aliphatic rings. The zero-order chi connectivity index (χ0) is 22.0. The predicted molar refractivity (Wildman–Crippen MR) is 105 cm³/mol. The lowest BCUT2D eigenvalue weighted by Crippen LogP contribution is -2.39. The van der Waals surface area contributed by atoms with Crippen molar-refractivity contribution in [2.75, 3.05) is 13.1 Å². The van der Waals surface area contributed by atoms with Gasteiger partial charge in [0.25, 0.3) is 5.89 Å². The molecular formula is C21H22F3N5O2. The number of nitrogens with zero attached hydrogens (tertiary/aromatic N) is 5. The molecular weight excluding hydrogens is 411 g/mol. The number of carbonyl (C=O) groups is 1. The molecule has 7 nitrogen and oxygen atoms in total. The largest absolute Gasteiger partial charge is 0.416 e. The molecule has 1 aromatic carbocycles. The van der Waals surface area contributed by atoms with Crippen LogP contribution in [-0.4, -0.2) is 43.8 Å². The second kappa shape index (κ2) is 8.52. The minimum absolute atomic E-state index is 0.0536. The SMILES string of the molecule is CCn1nccc1-c1nc(C2CCN(C(=O)Cc3cccc(C(F)(F)F)c3)CC2)no1. The third-order valence-corrected chi connectivity index (χ3v) is 5.50. The molecule has 1 amide bonds. The van der Waals surface area contributed by atoms with Crippen molar-refractivity contribution >= 4 is 5.91 Å². The molecule has 4 rings (SSSR count). The summed E-state index contributed by atoms with van der Waals surface area (Å²) in [5.74, 6) is 0.896. The molecule has 0 bridgehead atoms. The average molecular weight is 433 g/mol. The number of piperidine rings is 1. The van der Waals surface area contributed by atoms with Gasteiger partial charge < -0.3 is 9.42 Å². The minimum Gasteiger partial charge on any atom is -0.342 e. The van der Waals surface area contributed by atoms with E-state index in [1.54, 1.807) is 21.8 Å². The number of carbonyl (C=O) groups excluding carboxylic acids is 1. The number of amides is 1. The van der Waals surface area contributed by atoms with Gasteiger partial charge in [0.15, 0.2) is 5.82 Å². The van der Waals surface area contributed by atoms with E-state index in [0.717, 1.165) is 17.8 Å². The number of rotatable bonds is 5. The Morgan fingerprint density at radius 3 is 2.71 bits per heavy atom. The molecule has 0 spiro atoms. The van der Waals surface area contributed by atoms with Crippen LogP contribution in [0, 0.1) is 0 Å². The third-order valence-electron chi connectivity index (χ3n) is 5.50. The van der Waals surface area contributed by atoms with Crippen molar-refractivity contribution in [1.29, 1.82) is 0 Å². The first-order valence-corrected chi connectivity index (χ1v) is 10.1. The van der Waals surface area contributed by atoms with Crippen molar-refractivity contribution in [2.45, 2.75) is 44.8 Å². The van der Waals surface area contributed by atoms with Crippen molar-refractivity contribution in [2.24, 2.45) is 0 Å². The predicted octanol–water partition coefficient (Wildman–Crippen LogP) is 3.92. The molecule has 0 unspecified atom stereocenters.